The highest BCUT2D eigenvalue weighted by Crippen LogP contribution is 2.48. The average Bonchev–Trinajstić information content (AvgIpc) is 3.01. The zero-order chi connectivity index (χ0) is 23.0. The summed E-state index contributed by atoms with van der Waals surface area (Å²) in [4.78, 5) is 2.30. The molecule has 2 heterocycles. The number of allylic oxidation sites excluding steroid dienone is 1. The van der Waals surface area contributed by atoms with E-state index in [4.69, 9.17) is 4.74 Å². The summed E-state index contributed by atoms with van der Waals surface area (Å²) in [6.45, 7) is 5.74. The van der Waals surface area contributed by atoms with E-state index in [2.05, 4.69) is 10.2 Å². The van der Waals surface area contributed by atoms with Gasteiger partial charge in [-0.15, -0.1) is 0 Å². The highest BCUT2D eigenvalue weighted by atomic mass is 32.2. The van der Waals surface area contributed by atoms with E-state index in [1.165, 1.54) is 12.1 Å². The zero-order valence-corrected chi connectivity index (χ0v) is 19.7. The van der Waals surface area contributed by atoms with Crippen LogP contribution in [-0.4, -0.2) is 88.2 Å². The Morgan fingerprint density at radius 3 is 2.62 bits per heavy atom. The van der Waals surface area contributed by atoms with Crippen LogP contribution in [0.2, 0.25) is 0 Å². The molecule has 3 unspecified atom stereocenters. The molecule has 1 aliphatic carbocycles. The minimum absolute atomic E-state index is 0.0839. The molecule has 2 aliphatic heterocycles. The van der Waals surface area contributed by atoms with Crippen LogP contribution in [0.15, 0.2) is 58.5 Å². The lowest BCUT2D eigenvalue weighted by atomic mass is 9.85. The van der Waals surface area contributed by atoms with Gasteiger partial charge in [-0.05, 0) is 36.6 Å². The number of hydrogen-bond donors (Lipinski definition) is 2. The fraction of sp³-hybridized carbons (Fsp3) is 0.545. The summed E-state index contributed by atoms with van der Waals surface area (Å²) in [5, 5.41) is 12.8. The van der Waals surface area contributed by atoms with Crippen molar-refractivity contribution in [3.63, 3.8) is 0 Å². The highest BCUT2D eigenvalue weighted by molar-refractivity contribution is 7.97. The zero-order valence-electron chi connectivity index (χ0n) is 18.1. The van der Waals surface area contributed by atoms with Crippen molar-refractivity contribution < 1.29 is 26.7 Å². The van der Waals surface area contributed by atoms with Crippen molar-refractivity contribution in [1.29, 1.82) is 0 Å². The Kier molecular flexibility index (Phi) is 6.63. The van der Waals surface area contributed by atoms with Gasteiger partial charge in [-0.25, -0.2) is 16.8 Å². The van der Waals surface area contributed by atoms with E-state index in [9.17, 15) is 21.9 Å². The number of benzene rings is 1. The molecule has 1 aromatic carbocycles. The number of rotatable bonds is 7. The molecule has 0 amide bonds. The van der Waals surface area contributed by atoms with Crippen LogP contribution in [0.3, 0.4) is 0 Å². The third-order valence-corrected chi connectivity index (χ3v) is 11.5. The number of fused-ring (bicyclic) bond motifs is 1. The molecule has 2 fully saturated rings. The van der Waals surface area contributed by atoms with Crippen molar-refractivity contribution in [3.8, 4) is 0 Å². The molecule has 8 nitrogen and oxygen atoms in total. The predicted octanol–water partition coefficient (Wildman–Crippen LogP) is 0.513. The molecular weight excluding hydrogens is 452 g/mol. The number of aliphatic hydroxyl groups excluding tert-OH is 1. The number of nitrogens with one attached hydrogen (secondary N) is 1. The van der Waals surface area contributed by atoms with Gasteiger partial charge in [0.05, 0.1) is 28.6 Å². The van der Waals surface area contributed by atoms with Gasteiger partial charge >= 0.3 is 0 Å². The molecule has 176 valence electrons. The van der Waals surface area contributed by atoms with Crippen LogP contribution in [-0.2, 0) is 24.4 Å². The summed E-state index contributed by atoms with van der Waals surface area (Å²) in [5.74, 6) is -0.484. The van der Waals surface area contributed by atoms with Crippen LogP contribution in [0.4, 0.5) is 0 Å². The van der Waals surface area contributed by atoms with Crippen molar-refractivity contribution in [3.05, 3.63) is 53.6 Å². The molecule has 2 saturated heterocycles. The number of ether oxygens (including phenoxy) is 1. The standard InChI is InChI=1S/C22H30N2O6S2/c1-22-9-5-8-18(21(25)23-10-11-24-12-14-30-15-13-24)20(22)19(16-31(22,26)27)32(28,29)17-6-3-2-4-7-17/h2-8,19,21,23,25H,9-16H2,1H3. The topological polar surface area (TPSA) is 113 Å². The Labute approximate surface area is 189 Å². The molecule has 0 aromatic heterocycles. The third-order valence-electron chi connectivity index (χ3n) is 6.68. The summed E-state index contributed by atoms with van der Waals surface area (Å²) in [5.41, 5.74) is 0.626. The molecule has 0 saturated carbocycles. The van der Waals surface area contributed by atoms with Gasteiger partial charge in [0.2, 0.25) is 0 Å². The maximum Gasteiger partial charge on any atom is 0.186 e. The van der Waals surface area contributed by atoms with Crippen molar-refractivity contribution >= 4 is 19.7 Å². The molecule has 0 spiro atoms. The van der Waals surface area contributed by atoms with Crippen LogP contribution >= 0.6 is 0 Å². The second-order valence-electron chi connectivity index (χ2n) is 8.65. The maximum absolute atomic E-state index is 13.5. The smallest absolute Gasteiger partial charge is 0.186 e. The lowest BCUT2D eigenvalue weighted by Gasteiger charge is -2.32. The van der Waals surface area contributed by atoms with Crippen LogP contribution in [0.5, 0.6) is 0 Å². The summed E-state index contributed by atoms with van der Waals surface area (Å²) in [6.07, 6.45) is 2.40. The average molecular weight is 483 g/mol. The summed E-state index contributed by atoms with van der Waals surface area (Å²) < 4.78 is 57.2. The van der Waals surface area contributed by atoms with E-state index < -0.39 is 41.7 Å². The fourth-order valence-electron chi connectivity index (χ4n) is 4.76. The molecule has 3 aliphatic rings. The van der Waals surface area contributed by atoms with Gasteiger partial charge in [0.1, 0.15) is 11.5 Å². The second kappa shape index (κ2) is 9.00. The van der Waals surface area contributed by atoms with E-state index in [-0.39, 0.29) is 16.9 Å². The van der Waals surface area contributed by atoms with Crippen molar-refractivity contribution in [1.82, 2.24) is 10.2 Å². The van der Waals surface area contributed by atoms with Crippen molar-refractivity contribution in [2.75, 3.05) is 45.1 Å². The van der Waals surface area contributed by atoms with Gasteiger partial charge in [-0.1, -0.05) is 30.4 Å². The highest BCUT2D eigenvalue weighted by Gasteiger charge is 2.58. The van der Waals surface area contributed by atoms with Gasteiger partial charge in [0.25, 0.3) is 0 Å². The van der Waals surface area contributed by atoms with E-state index in [1.54, 1.807) is 37.3 Å². The van der Waals surface area contributed by atoms with Crippen molar-refractivity contribution in [2.24, 2.45) is 0 Å². The Balaban J connectivity index is 1.65. The summed E-state index contributed by atoms with van der Waals surface area (Å²) >= 11 is 0. The molecule has 0 bridgehead atoms. The summed E-state index contributed by atoms with van der Waals surface area (Å²) in [6, 6.07) is 7.91. The monoisotopic (exact) mass is 482 g/mol. The van der Waals surface area contributed by atoms with Gasteiger partial charge < -0.3 is 9.84 Å². The maximum atomic E-state index is 13.5. The largest absolute Gasteiger partial charge is 0.379 e. The lowest BCUT2D eigenvalue weighted by molar-refractivity contribution is 0.0366. The first kappa shape index (κ1) is 23.6. The van der Waals surface area contributed by atoms with Gasteiger partial charge in [0, 0.05) is 26.2 Å². The van der Waals surface area contributed by atoms with Crippen LogP contribution in [0.25, 0.3) is 0 Å². The van der Waals surface area contributed by atoms with Gasteiger partial charge in [-0.2, -0.15) is 0 Å². The van der Waals surface area contributed by atoms with E-state index in [0.29, 0.717) is 31.9 Å². The first-order valence-electron chi connectivity index (χ1n) is 10.8. The Morgan fingerprint density at radius 2 is 1.94 bits per heavy atom. The number of sulfone groups is 2. The number of aliphatic hydroxyl groups is 1. The van der Waals surface area contributed by atoms with Gasteiger partial charge in [-0.3, -0.25) is 10.2 Å². The molecule has 2 N–H and O–H groups in total. The molecule has 1 aromatic rings. The van der Waals surface area contributed by atoms with Crippen LogP contribution < -0.4 is 5.32 Å². The first-order valence-corrected chi connectivity index (χ1v) is 14.0. The number of hydrogen-bond acceptors (Lipinski definition) is 8. The summed E-state index contributed by atoms with van der Waals surface area (Å²) in [7, 11) is -7.69. The SMILES string of the molecule is CC12CC=CC(C(O)NCCN3CCOCC3)=C1C(S(=O)(=O)c1ccccc1)CS2(=O)=O. The van der Waals surface area contributed by atoms with E-state index >= 15 is 0 Å². The molecular formula is C22H30N2O6S2. The lowest BCUT2D eigenvalue weighted by Crippen LogP contribution is -2.44. The second-order valence-corrected chi connectivity index (χ2v) is 13.2. The Bertz CT molecular complexity index is 1110. The minimum Gasteiger partial charge on any atom is -0.379 e. The van der Waals surface area contributed by atoms with Gasteiger partial charge in [0.15, 0.2) is 19.7 Å². The quantitative estimate of drug-likeness (QED) is 0.541. The van der Waals surface area contributed by atoms with Crippen LogP contribution in [0, 0.1) is 0 Å². The molecule has 4 rings (SSSR count). The van der Waals surface area contributed by atoms with E-state index in [1.807, 2.05) is 0 Å². The Hall–Kier alpha value is -1.56. The van der Waals surface area contributed by atoms with Crippen molar-refractivity contribution in [2.45, 2.75) is 34.5 Å². The molecule has 32 heavy (non-hydrogen) atoms. The normalized spacial score (nSPS) is 29.1. The molecule has 10 heteroatoms. The minimum atomic E-state index is -3.95. The fourth-order valence-corrected chi connectivity index (χ4v) is 9.53. The molecule has 0 radical (unpaired) electrons. The molecule has 3 atom stereocenters. The number of morpholine rings is 1. The van der Waals surface area contributed by atoms with E-state index in [0.717, 1.165) is 13.1 Å². The Morgan fingerprint density at radius 1 is 1.25 bits per heavy atom. The van der Waals surface area contributed by atoms with Crippen LogP contribution in [0.1, 0.15) is 13.3 Å². The first-order chi connectivity index (χ1) is 15.2. The third kappa shape index (κ3) is 4.20. The predicted molar refractivity (Wildman–Crippen MR) is 122 cm³/mol. The number of nitrogens with zero attached hydrogens (tertiary/aromatic N) is 1.